The summed E-state index contributed by atoms with van der Waals surface area (Å²) in [5.41, 5.74) is 2.81. The summed E-state index contributed by atoms with van der Waals surface area (Å²) < 4.78 is 5.33. The van der Waals surface area contributed by atoms with Gasteiger partial charge in [0, 0.05) is 37.1 Å². The Morgan fingerprint density at radius 2 is 1.97 bits per heavy atom. The summed E-state index contributed by atoms with van der Waals surface area (Å²) >= 11 is 0. The Morgan fingerprint density at radius 3 is 2.53 bits per heavy atom. The van der Waals surface area contributed by atoms with E-state index in [0.717, 1.165) is 37.1 Å². The summed E-state index contributed by atoms with van der Waals surface area (Å²) in [6.07, 6.45) is 7.00. The predicted molar refractivity (Wildman–Crippen MR) is 116 cm³/mol. The average molecular weight is 408 g/mol. The second kappa shape index (κ2) is 9.57. The molecule has 2 aromatic rings. The number of anilines is 1. The van der Waals surface area contributed by atoms with Crippen molar-refractivity contribution in [2.75, 3.05) is 19.1 Å². The zero-order valence-corrected chi connectivity index (χ0v) is 18.1. The zero-order valence-electron chi connectivity index (χ0n) is 18.1. The fraction of sp³-hybridized carbons (Fsp3) is 0.478. The van der Waals surface area contributed by atoms with Crippen molar-refractivity contribution in [1.82, 2.24) is 15.3 Å². The van der Waals surface area contributed by atoms with Crippen LogP contribution < -0.4 is 15.0 Å². The van der Waals surface area contributed by atoms with Crippen LogP contribution in [0.25, 0.3) is 0 Å². The molecule has 0 saturated heterocycles. The van der Waals surface area contributed by atoms with Gasteiger partial charge >= 0.3 is 0 Å². The first-order chi connectivity index (χ1) is 14.4. The first-order valence-electron chi connectivity index (χ1n) is 10.4. The highest BCUT2D eigenvalue weighted by Crippen LogP contribution is 2.30. The number of rotatable bonds is 6. The molecule has 1 heterocycles. The van der Waals surface area contributed by atoms with Crippen LogP contribution in [0.3, 0.4) is 0 Å². The van der Waals surface area contributed by atoms with Crippen molar-refractivity contribution in [3.63, 3.8) is 0 Å². The van der Waals surface area contributed by atoms with E-state index in [1.165, 1.54) is 0 Å². The molecule has 0 radical (unpaired) electrons. The number of aromatic nitrogens is 2. The molecule has 3 rings (SSSR count). The highest BCUT2D eigenvalue weighted by molar-refractivity contribution is 5.92. The van der Waals surface area contributed by atoms with E-state index < -0.39 is 0 Å². The van der Waals surface area contributed by atoms with Gasteiger partial charge in [-0.05, 0) is 43.7 Å². The van der Waals surface area contributed by atoms with Crippen LogP contribution in [0.5, 0.6) is 5.75 Å². The third-order valence-electron chi connectivity index (χ3n) is 5.79. The summed E-state index contributed by atoms with van der Waals surface area (Å²) in [6.45, 7) is 4.10. The fourth-order valence-corrected chi connectivity index (χ4v) is 3.82. The molecule has 1 aromatic heterocycles. The lowest BCUT2D eigenvalue weighted by molar-refractivity contribution is 0.0920. The van der Waals surface area contributed by atoms with Gasteiger partial charge in [0.15, 0.2) is 0 Å². The fourth-order valence-electron chi connectivity index (χ4n) is 3.82. The molecule has 0 atom stereocenters. The first-order valence-corrected chi connectivity index (χ1v) is 10.4. The van der Waals surface area contributed by atoms with Crippen LogP contribution in [0.4, 0.5) is 5.69 Å². The van der Waals surface area contributed by atoms with E-state index >= 15 is 0 Å². The maximum Gasteiger partial charge on any atom is 0.271 e. The van der Waals surface area contributed by atoms with Gasteiger partial charge in [0.25, 0.3) is 5.91 Å². The van der Waals surface area contributed by atoms with Gasteiger partial charge in [-0.1, -0.05) is 13.8 Å². The molecule has 1 fully saturated rings. The number of nitriles is 1. The molecule has 0 aliphatic heterocycles. The van der Waals surface area contributed by atoms with E-state index in [-0.39, 0.29) is 17.9 Å². The van der Waals surface area contributed by atoms with E-state index in [1.54, 1.807) is 25.6 Å². The Bertz CT molecular complexity index is 912. The van der Waals surface area contributed by atoms with Crippen molar-refractivity contribution in [3.05, 3.63) is 47.5 Å². The summed E-state index contributed by atoms with van der Waals surface area (Å²) in [6, 6.07) is 8.32. The molecule has 1 aliphatic carbocycles. The third-order valence-corrected chi connectivity index (χ3v) is 5.79. The van der Waals surface area contributed by atoms with Crippen LogP contribution in [0.2, 0.25) is 0 Å². The summed E-state index contributed by atoms with van der Waals surface area (Å²) in [7, 11) is 3.64. The number of amides is 1. The van der Waals surface area contributed by atoms with Gasteiger partial charge in [-0.25, -0.2) is 4.98 Å². The number of ether oxygens (including phenoxy) is 1. The third kappa shape index (κ3) is 4.88. The number of carbonyl (C=O) groups is 1. The van der Waals surface area contributed by atoms with Gasteiger partial charge in [-0.3, -0.25) is 9.78 Å². The van der Waals surface area contributed by atoms with E-state index in [1.807, 2.05) is 26.0 Å². The van der Waals surface area contributed by atoms with Gasteiger partial charge in [0.2, 0.25) is 0 Å². The summed E-state index contributed by atoms with van der Waals surface area (Å²) in [4.78, 5) is 23.3. The van der Waals surface area contributed by atoms with Crippen molar-refractivity contribution < 1.29 is 9.53 Å². The molecule has 7 nitrogen and oxygen atoms in total. The Kier molecular flexibility index (Phi) is 6.88. The van der Waals surface area contributed by atoms with Gasteiger partial charge in [-0.15, -0.1) is 0 Å². The van der Waals surface area contributed by atoms with Crippen LogP contribution in [-0.2, 0) is 0 Å². The zero-order chi connectivity index (χ0) is 21.7. The maximum absolute atomic E-state index is 12.5. The number of hydrogen-bond donors (Lipinski definition) is 1. The predicted octanol–water partition coefficient (Wildman–Crippen LogP) is 3.66. The normalized spacial score (nSPS) is 18.5. The Balaban J connectivity index is 1.55. The Morgan fingerprint density at radius 1 is 1.23 bits per heavy atom. The minimum absolute atomic E-state index is 0.143. The molecule has 0 spiro atoms. The Hall–Kier alpha value is -3.14. The molecule has 1 aromatic carbocycles. The molecule has 1 amide bonds. The highest BCUT2D eigenvalue weighted by atomic mass is 16.5. The monoisotopic (exact) mass is 407 g/mol. The van der Waals surface area contributed by atoms with Gasteiger partial charge in [0.05, 0.1) is 24.6 Å². The van der Waals surface area contributed by atoms with Gasteiger partial charge < -0.3 is 15.0 Å². The summed E-state index contributed by atoms with van der Waals surface area (Å²) in [5, 5.41) is 12.3. The standard InChI is InChI=1S/C23H29N5O2/c1-15(2)20-13-26-21(14-25-20)23(29)27-17-6-9-18(10-7-17)28(3)19-8-5-16(12-24)22(11-19)30-4/h5,8,11,13-15,17-18H,6-7,9-10H2,1-4H3,(H,27,29). The molecule has 1 aliphatic rings. The number of benzene rings is 1. The minimum Gasteiger partial charge on any atom is -0.495 e. The lowest BCUT2D eigenvalue weighted by Gasteiger charge is -2.36. The number of nitrogens with zero attached hydrogens (tertiary/aromatic N) is 4. The van der Waals surface area contributed by atoms with Gasteiger partial charge in [0.1, 0.15) is 17.5 Å². The van der Waals surface area contributed by atoms with Crippen molar-refractivity contribution >= 4 is 11.6 Å². The van der Waals surface area contributed by atoms with Crippen molar-refractivity contribution in [2.45, 2.75) is 57.5 Å². The van der Waals surface area contributed by atoms with Crippen LogP contribution in [0.1, 0.15) is 67.2 Å². The summed E-state index contributed by atoms with van der Waals surface area (Å²) in [5.74, 6) is 0.719. The van der Waals surface area contributed by atoms with Crippen LogP contribution in [-0.4, -0.2) is 42.1 Å². The molecular weight excluding hydrogens is 378 g/mol. The topological polar surface area (TPSA) is 91.1 Å². The van der Waals surface area contributed by atoms with E-state index in [2.05, 4.69) is 33.3 Å². The maximum atomic E-state index is 12.5. The molecule has 0 unspecified atom stereocenters. The molecule has 0 bridgehead atoms. The molecule has 30 heavy (non-hydrogen) atoms. The quantitative estimate of drug-likeness (QED) is 0.786. The molecule has 1 N–H and O–H groups in total. The first kappa shape index (κ1) is 21.6. The number of methoxy groups -OCH3 is 1. The van der Waals surface area contributed by atoms with E-state index in [4.69, 9.17) is 10.00 Å². The number of hydrogen-bond acceptors (Lipinski definition) is 6. The van der Waals surface area contributed by atoms with Crippen molar-refractivity contribution in [1.29, 1.82) is 5.26 Å². The molecule has 7 heteroatoms. The van der Waals surface area contributed by atoms with E-state index in [9.17, 15) is 4.79 Å². The largest absolute Gasteiger partial charge is 0.495 e. The lowest BCUT2D eigenvalue weighted by atomic mass is 9.90. The lowest BCUT2D eigenvalue weighted by Crippen LogP contribution is -2.43. The average Bonchev–Trinajstić information content (AvgIpc) is 2.78. The van der Waals surface area contributed by atoms with Crippen molar-refractivity contribution in [3.8, 4) is 11.8 Å². The Labute approximate surface area is 178 Å². The van der Waals surface area contributed by atoms with Crippen LogP contribution >= 0.6 is 0 Å². The molecule has 1 saturated carbocycles. The molecule has 158 valence electrons. The second-order valence-corrected chi connectivity index (χ2v) is 8.07. The second-order valence-electron chi connectivity index (χ2n) is 8.07. The number of carbonyl (C=O) groups excluding carboxylic acids is 1. The smallest absolute Gasteiger partial charge is 0.271 e. The van der Waals surface area contributed by atoms with Crippen LogP contribution in [0.15, 0.2) is 30.6 Å². The minimum atomic E-state index is -0.161. The molecular formula is C23H29N5O2. The van der Waals surface area contributed by atoms with Crippen LogP contribution in [0, 0.1) is 11.3 Å². The highest BCUT2D eigenvalue weighted by Gasteiger charge is 2.26. The van der Waals surface area contributed by atoms with E-state index in [0.29, 0.717) is 23.0 Å². The number of nitrogens with one attached hydrogen (secondary N) is 1. The van der Waals surface area contributed by atoms with Crippen molar-refractivity contribution in [2.24, 2.45) is 0 Å². The van der Waals surface area contributed by atoms with Gasteiger partial charge in [-0.2, -0.15) is 5.26 Å². The SMILES string of the molecule is COc1cc(N(C)C2CCC(NC(=O)c3cnc(C(C)C)cn3)CC2)ccc1C#N.